The van der Waals surface area contributed by atoms with Gasteiger partial charge >= 0.3 is 0 Å². The van der Waals surface area contributed by atoms with Crippen molar-refractivity contribution in [3.05, 3.63) is 18.0 Å². The van der Waals surface area contributed by atoms with Crippen LogP contribution in [0.4, 0.5) is 0 Å². The van der Waals surface area contributed by atoms with Gasteiger partial charge in [-0.15, -0.1) is 0 Å². The highest BCUT2D eigenvalue weighted by Crippen LogP contribution is 2.36. The quantitative estimate of drug-likeness (QED) is 0.777. The monoisotopic (exact) mass is 321 g/mol. The van der Waals surface area contributed by atoms with Crippen molar-refractivity contribution in [2.45, 2.75) is 6.04 Å². The van der Waals surface area contributed by atoms with Gasteiger partial charge in [0.05, 0.1) is 6.61 Å². The second kappa shape index (κ2) is 5.93. The number of nitrogens with zero attached hydrogens (tertiary/aromatic N) is 4. The van der Waals surface area contributed by atoms with Crippen LogP contribution in [0.1, 0.15) is 10.5 Å². The molecule has 8 nitrogen and oxygen atoms in total. The molecule has 1 spiro atoms. The molecule has 2 amide bonds. The van der Waals surface area contributed by atoms with Crippen molar-refractivity contribution in [1.82, 2.24) is 24.9 Å². The number of likely N-dealkylation sites (tertiary alicyclic amines) is 1. The summed E-state index contributed by atoms with van der Waals surface area (Å²) in [5.74, 6) is -0.0813. The van der Waals surface area contributed by atoms with E-state index in [4.69, 9.17) is 4.74 Å². The van der Waals surface area contributed by atoms with Gasteiger partial charge in [0.25, 0.3) is 5.91 Å². The van der Waals surface area contributed by atoms with Gasteiger partial charge < -0.3 is 19.4 Å². The van der Waals surface area contributed by atoms with Crippen LogP contribution in [0.5, 0.6) is 0 Å². The topological polar surface area (TPSA) is 81.8 Å². The number of hydrogen-bond donors (Lipinski definition) is 1. The van der Waals surface area contributed by atoms with Gasteiger partial charge in [0, 0.05) is 44.3 Å². The minimum atomic E-state index is -0.278. The highest BCUT2D eigenvalue weighted by Gasteiger charge is 2.51. The summed E-state index contributed by atoms with van der Waals surface area (Å²) >= 11 is 0. The number of ether oxygens (including phenoxy) is 1. The summed E-state index contributed by atoms with van der Waals surface area (Å²) in [6.07, 6.45) is 1.57. The first-order chi connectivity index (χ1) is 10.9. The fraction of sp³-hybridized carbons (Fsp3) is 0.667. The van der Waals surface area contributed by atoms with Gasteiger partial charge in [-0.2, -0.15) is 5.10 Å². The van der Waals surface area contributed by atoms with E-state index in [1.807, 2.05) is 19.0 Å². The Balaban J connectivity index is 1.86. The maximum Gasteiger partial charge on any atom is 0.271 e. The highest BCUT2D eigenvalue weighted by atomic mass is 16.5. The molecule has 2 saturated heterocycles. The number of hydrogen-bond acceptors (Lipinski definition) is 5. The number of aromatic nitrogens is 2. The predicted molar refractivity (Wildman–Crippen MR) is 82.9 cm³/mol. The molecule has 1 N–H and O–H groups in total. The Morgan fingerprint density at radius 1 is 1.48 bits per heavy atom. The van der Waals surface area contributed by atoms with E-state index in [1.54, 1.807) is 24.2 Å². The SMILES string of the molecule is CN1C[C@]2(COCC1=O)CN(C(=O)c1ccn[nH]1)C[C@H]2N(C)C. The first kappa shape index (κ1) is 15.9. The number of carbonyl (C=O) groups is 2. The molecule has 0 saturated carbocycles. The van der Waals surface area contributed by atoms with Crippen molar-refractivity contribution in [3.8, 4) is 0 Å². The Labute approximate surface area is 135 Å². The van der Waals surface area contributed by atoms with Crippen LogP contribution in [0.25, 0.3) is 0 Å². The molecule has 23 heavy (non-hydrogen) atoms. The number of likely N-dealkylation sites (N-methyl/N-ethyl adjacent to an activating group) is 2. The molecule has 126 valence electrons. The third-order valence-corrected chi connectivity index (χ3v) is 4.84. The molecule has 0 radical (unpaired) electrons. The van der Waals surface area contributed by atoms with Crippen LogP contribution in [-0.4, -0.2) is 96.7 Å². The van der Waals surface area contributed by atoms with E-state index in [-0.39, 0.29) is 29.9 Å². The van der Waals surface area contributed by atoms with Gasteiger partial charge in [0.2, 0.25) is 5.91 Å². The molecule has 3 rings (SSSR count). The normalized spacial score (nSPS) is 28.7. The molecule has 2 fully saturated rings. The molecule has 0 bridgehead atoms. The first-order valence-electron chi connectivity index (χ1n) is 7.70. The van der Waals surface area contributed by atoms with Crippen LogP contribution < -0.4 is 0 Å². The molecule has 2 atom stereocenters. The van der Waals surface area contributed by atoms with Gasteiger partial charge in [-0.1, -0.05) is 0 Å². The fourth-order valence-corrected chi connectivity index (χ4v) is 3.72. The molecule has 3 heterocycles. The van der Waals surface area contributed by atoms with Crippen LogP contribution >= 0.6 is 0 Å². The van der Waals surface area contributed by atoms with Crippen molar-refractivity contribution in [1.29, 1.82) is 0 Å². The Hall–Kier alpha value is -1.93. The van der Waals surface area contributed by atoms with Gasteiger partial charge in [0.1, 0.15) is 12.3 Å². The van der Waals surface area contributed by atoms with E-state index >= 15 is 0 Å². The Morgan fingerprint density at radius 3 is 2.91 bits per heavy atom. The van der Waals surface area contributed by atoms with Crippen molar-refractivity contribution < 1.29 is 14.3 Å². The molecular weight excluding hydrogens is 298 g/mol. The second-order valence-corrected chi connectivity index (χ2v) is 6.74. The number of amides is 2. The molecule has 0 aliphatic carbocycles. The van der Waals surface area contributed by atoms with Crippen LogP contribution in [0.2, 0.25) is 0 Å². The van der Waals surface area contributed by atoms with Crippen LogP contribution in [0.3, 0.4) is 0 Å². The number of rotatable bonds is 2. The molecule has 0 aromatic carbocycles. The summed E-state index contributed by atoms with van der Waals surface area (Å²) in [5, 5.41) is 6.58. The lowest BCUT2D eigenvalue weighted by Gasteiger charge is -2.37. The van der Waals surface area contributed by atoms with E-state index in [0.29, 0.717) is 31.9 Å². The maximum atomic E-state index is 12.6. The standard InChI is InChI=1S/C15H23N5O3/c1-18(2)12-6-20(14(22)11-4-5-16-17-11)9-15(12)8-19(3)13(21)7-23-10-15/h4-5,12H,6-10H2,1-3H3,(H,16,17)/t12-,15-/m1/s1. The summed E-state index contributed by atoms with van der Waals surface area (Å²) in [7, 11) is 5.80. The minimum Gasteiger partial charge on any atom is -0.371 e. The third-order valence-electron chi connectivity index (χ3n) is 4.84. The fourth-order valence-electron chi connectivity index (χ4n) is 3.72. The Kier molecular flexibility index (Phi) is 4.11. The van der Waals surface area contributed by atoms with Gasteiger partial charge in [-0.3, -0.25) is 14.7 Å². The lowest BCUT2D eigenvalue weighted by Crippen LogP contribution is -2.51. The summed E-state index contributed by atoms with van der Waals surface area (Å²) < 4.78 is 5.64. The lowest BCUT2D eigenvalue weighted by molar-refractivity contribution is -0.132. The summed E-state index contributed by atoms with van der Waals surface area (Å²) in [6.45, 7) is 2.33. The summed E-state index contributed by atoms with van der Waals surface area (Å²) in [6, 6.07) is 1.81. The molecule has 0 unspecified atom stereocenters. The van der Waals surface area contributed by atoms with Crippen molar-refractivity contribution >= 4 is 11.8 Å². The zero-order valence-corrected chi connectivity index (χ0v) is 13.8. The molecule has 1 aromatic heterocycles. The zero-order chi connectivity index (χ0) is 16.6. The largest absolute Gasteiger partial charge is 0.371 e. The summed E-state index contributed by atoms with van der Waals surface area (Å²) in [4.78, 5) is 30.2. The highest BCUT2D eigenvalue weighted by molar-refractivity contribution is 5.92. The molecular formula is C15H23N5O3. The Morgan fingerprint density at radius 2 is 2.26 bits per heavy atom. The van der Waals surface area contributed by atoms with Gasteiger partial charge in [0.15, 0.2) is 0 Å². The van der Waals surface area contributed by atoms with E-state index in [0.717, 1.165) is 0 Å². The third kappa shape index (κ3) is 2.84. The zero-order valence-electron chi connectivity index (χ0n) is 13.8. The minimum absolute atomic E-state index is 0.0160. The van der Waals surface area contributed by atoms with Gasteiger partial charge in [-0.05, 0) is 20.2 Å². The van der Waals surface area contributed by atoms with E-state index in [1.165, 1.54) is 0 Å². The molecule has 1 aromatic rings. The van der Waals surface area contributed by atoms with Crippen LogP contribution in [0.15, 0.2) is 12.3 Å². The molecule has 8 heteroatoms. The average Bonchev–Trinajstić information content (AvgIpc) is 3.11. The smallest absolute Gasteiger partial charge is 0.271 e. The average molecular weight is 321 g/mol. The van der Waals surface area contributed by atoms with E-state index in [2.05, 4.69) is 15.1 Å². The van der Waals surface area contributed by atoms with Crippen LogP contribution in [-0.2, 0) is 9.53 Å². The van der Waals surface area contributed by atoms with Crippen molar-refractivity contribution in [3.63, 3.8) is 0 Å². The predicted octanol–water partition coefficient (Wildman–Crippen LogP) is -0.729. The maximum absolute atomic E-state index is 12.6. The van der Waals surface area contributed by atoms with E-state index < -0.39 is 0 Å². The van der Waals surface area contributed by atoms with Crippen molar-refractivity contribution in [2.24, 2.45) is 5.41 Å². The number of H-pyrrole nitrogens is 1. The van der Waals surface area contributed by atoms with Gasteiger partial charge in [-0.25, -0.2) is 0 Å². The van der Waals surface area contributed by atoms with Crippen LogP contribution in [0, 0.1) is 5.41 Å². The Bertz CT molecular complexity index is 588. The lowest BCUT2D eigenvalue weighted by atomic mass is 9.82. The summed E-state index contributed by atoms with van der Waals surface area (Å²) in [5.41, 5.74) is 0.207. The first-order valence-corrected chi connectivity index (χ1v) is 7.70. The van der Waals surface area contributed by atoms with E-state index in [9.17, 15) is 9.59 Å². The molecule has 2 aliphatic heterocycles. The second-order valence-electron chi connectivity index (χ2n) is 6.74. The molecule has 2 aliphatic rings. The number of carbonyl (C=O) groups excluding carboxylic acids is 2. The number of aromatic amines is 1. The number of nitrogens with one attached hydrogen (secondary N) is 1. The van der Waals surface area contributed by atoms with Crippen molar-refractivity contribution in [2.75, 3.05) is 54.0 Å².